The lowest BCUT2D eigenvalue weighted by atomic mass is 10.1. The molecule has 3 aromatic rings. The fraction of sp³-hybridized carbons (Fsp3) is 0.176. The zero-order valence-electron chi connectivity index (χ0n) is 11.9. The van der Waals surface area contributed by atoms with Gasteiger partial charge in [0, 0.05) is 12.0 Å². The van der Waals surface area contributed by atoms with Crippen LogP contribution in [0.5, 0.6) is 11.6 Å². The van der Waals surface area contributed by atoms with E-state index in [1.54, 1.807) is 6.07 Å². The first-order valence-corrected chi connectivity index (χ1v) is 7.21. The third kappa shape index (κ3) is 3.14. The van der Waals surface area contributed by atoms with Crippen LogP contribution in [0.4, 0.5) is 0 Å². The topological polar surface area (TPSA) is 35.0 Å². The summed E-state index contributed by atoms with van der Waals surface area (Å²) in [4.78, 5) is 8.59. The zero-order valence-corrected chi connectivity index (χ0v) is 12.6. The van der Waals surface area contributed by atoms with E-state index < -0.39 is 0 Å². The molecule has 2 aromatic carbocycles. The first-order chi connectivity index (χ1) is 10.1. The summed E-state index contributed by atoms with van der Waals surface area (Å²) in [7, 11) is 0. The molecule has 21 heavy (non-hydrogen) atoms. The van der Waals surface area contributed by atoms with Crippen LogP contribution in [0.3, 0.4) is 0 Å². The van der Waals surface area contributed by atoms with Crippen LogP contribution in [0, 0.1) is 0 Å². The third-order valence-corrected chi connectivity index (χ3v) is 3.34. The first kappa shape index (κ1) is 13.8. The van der Waals surface area contributed by atoms with Gasteiger partial charge in [-0.2, -0.15) is 4.98 Å². The van der Waals surface area contributed by atoms with Crippen molar-refractivity contribution in [2.75, 3.05) is 0 Å². The Balaban J connectivity index is 1.94. The van der Waals surface area contributed by atoms with Crippen LogP contribution in [0.1, 0.15) is 25.6 Å². The minimum atomic E-state index is 0.197. The summed E-state index contributed by atoms with van der Waals surface area (Å²) >= 11 is 6.02. The SMILES string of the molecule is CC(C)c1nc(Cl)cc(Oc2ccc3ccccc3c2)n1. The highest BCUT2D eigenvalue weighted by atomic mass is 35.5. The van der Waals surface area contributed by atoms with Gasteiger partial charge in [-0.25, -0.2) is 4.98 Å². The van der Waals surface area contributed by atoms with Gasteiger partial charge in [-0.3, -0.25) is 0 Å². The molecule has 4 heteroatoms. The number of ether oxygens (including phenoxy) is 1. The first-order valence-electron chi connectivity index (χ1n) is 6.83. The van der Waals surface area contributed by atoms with Crippen molar-refractivity contribution in [3.8, 4) is 11.6 Å². The van der Waals surface area contributed by atoms with Crippen molar-refractivity contribution in [2.24, 2.45) is 0 Å². The molecule has 0 fully saturated rings. The van der Waals surface area contributed by atoms with Crippen LogP contribution in [0.25, 0.3) is 10.8 Å². The molecule has 0 aliphatic carbocycles. The highest BCUT2D eigenvalue weighted by Gasteiger charge is 2.09. The molecule has 0 aliphatic rings. The molecular weight excluding hydrogens is 284 g/mol. The Kier molecular flexibility index (Phi) is 3.76. The van der Waals surface area contributed by atoms with E-state index in [9.17, 15) is 0 Å². The fourth-order valence-electron chi connectivity index (χ4n) is 2.08. The molecule has 1 heterocycles. The molecule has 0 spiro atoms. The Labute approximate surface area is 128 Å². The van der Waals surface area contributed by atoms with Gasteiger partial charge in [-0.15, -0.1) is 0 Å². The molecule has 0 aliphatic heterocycles. The Morgan fingerprint density at radius 2 is 1.71 bits per heavy atom. The summed E-state index contributed by atoms with van der Waals surface area (Å²) in [6, 6.07) is 15.7. The van der Waals surface area contributed by atoms with E-state index in [0.29, 0.717) is 16.9 Å². The molecule has 0 bridgehead atoms. The Morgan fingerprint density at radius 1 is 0.952 bits per heavy atom. The monoisotopic (exact) mass is 298 g/mol. The van der Waals surface area contributed by atoms with Gasteiger partial charge in [0.1, 0.15) is 16.7 Å². The standard InChI is InChI=1S/C17H15ClN2O/c1-11(2)17-19-15(18)10-16(20-17)21-14-8-7-12-5-3-4-6-13(12)9-14/h3-11H,1-2H3. The zero-order chi connectivity index (χ0) is 14.8. The van der Waals surface area contributed by atoms with E-state index in [2.05, 4.69) is 22.1 Å². The molecule has 1 aromatic heterocycles. The lowest BCUT2D eigenvalue weighted by Crippen LogP contribution is -1.99. The average molecular weight is 299 g/mol. The number of benzene rings is 2. The van der Waals surface area contributed by atoms with Gasteiger partial charge in [0.25, 0.3) is 0 Å². The van der Waals surface area contributed by atoms with Crippen molar-refractivity contribution in [3.05, 3.63) is 59.5 Å². The summed E-state index contributed by atoms with van der Waals surface area (Å²) in [5, 5.41) is 2.69. The molecule has 0 saturated heterocycles. The number of rotatable bonds is 3. The Morgan fingerprint density at radius 3 is 2.48 bits per heavy atom. The minimum absolute atomic E-state index is 0.197. The second-order valence-corrected chi connectivity index (χ2v) is 5.54. The van der Waals surface area contributed by atoms with Crippen molar-refractivity contribution in [3.63, 3.8) is 0 Å². The predicted octanol–water partition coefficient (Wildman–Crippen LogP) is 5.20. The highest BCUT2D eigenvalue weighted by molar-refractivity contribution is 6.29. The van der Waals surface area contributed by atoms with Gasteiger partial charge >= 0.3 is 0 Å². The third-order valence-electron chi connectivity index (χ3n) is 3.15. The Bertz CT molecular complexity index is 787. The maximum Gasteiger partial charge on any atom is 0.224 e. The maximum absolute atomic E-state index is 6.02. The lowest BCUT2D eigenvalue weighted by molar-refractivity contribution is 0.457. The molecule has 0 radical (unpaired) electrons. The van der Waals surface area contributed by atoms with E-state index in [1.165, 1.54) is 5.39 Å². The van der Waals surface area contributed by atoms with Crippen molar-refractivity contribution >= 4 is 22.4 Å². The smallest absolute Gasteiger partial charge is 0.224 e. The summed E-state index contributed by atoms with van der Waals surface area (Å²) in [5.41, 5.74) is 0. The van der Waals surface area contributed by atoms with Crippen molar-refractivity contribution in [2.45, 2.75) is 19.8 Å². The van der Waals surface area contributed by atoms with Crippen LogP contribution >= 0.6 is 11.6 Å². The number of aromatic nitrogens is 2. The summed E-state index contributed by atoms with van der Waals surface area (Å²) in [5.74, 6) is 2.08. The second kappa shape index (κ2) is 5.70. The molecule has 3 nitrogen and oxygen atoms in total. The van der Waals surface area contributed by atoms with Crippen LogP contribution in [-0.4, -0.2) is 9.97 Å². The average Bonchev–Trinajstić information content (AvgIpc) is 2.46. The summed E-state index contributed by atoms with van der Waals surface area (Å²) in [6.07, 6.45) is 0. The van der Waals surface area contributed by atoms with Gasteiger partial charge in [0.15, 0.2) is 0 Å². The molecule has 0 N–H and O–H groups in total. The summed E-state index contributed by atoms with van der Waals surface area (Å²) < 4.78 is 5.82. The number of halogens is 1. The van der Waals surface area contributed by atoms with Crippen LogP contribution in [0.15, 0.2) is 48.5 Å². The molecule has 0 atom stereocenters. The van der Waals surface area contributed by atoms with E-state index in [-0.39, 0.29) is 5.92 Å². The van der Waals surface area contributed by atoms with Crippen LogP contribution < -0.4 is 4.74 Å². The second-order valence-electron chi connectivity index (χ2n) is 5.15. The minimum Gasteiger partial charge on any atom is -0.439 e. The van der Waals surface area contributed by atoms with E-state index in [1.807, 2.05) is 44.2 Å². The molecule has 106 valence electrons. The van der Waals surface area contributed by atoms with Gasteiger partial charge in [-0.1, -0.05) is 55.8 Å². The van der Waals surface area contributed by atoms with Crippen LogP contribution in [-0.2, 0) is 0 Å². The quantitative estimate of drug-likeness (QED) is 0.623. The number of hydrogen-bond acceptors (Lipinski definition) is 3. The number of hydrogen-bond donors (Lipinski definition) is 0. The Hall–Kier alpha value is -2.13. The molecular formula is C17H15ClN2O. The van der Waals surface area contributed by atoms with Gasteiger partial charge in [-0.05, 0) is 22.9 Å². The normalized spacial score (nSPS) is 11.0. The lowest BCUT2D eigenvalue weighted by Gasteiger charge is -2.09. The highest BCUT2D eigenvalue weighted by Crippen LogP contribution is 2.26. The van der Waals surface area contributed by atoms with E-state index in [0.717, 1.165) is 11.1 Å². The van der Waals surface area contributed by atoms with Crippen molar-refractivity contribution in [1.29, 1.82) is 0 Å². The molecule has 0 amide bonds. The van der Waals surface area contributed by atoms with Gasteiger partial charge in [0.2, 0.25) is 5.88 Å². The number of fused-ring (bicyclic) bond motifs is 1. The van der Waals surface area contributed by atoms with Crippen LogP contribution in [0.2, 0.25) is 5.15 Å². The molecule has 0 unspecified atom stereocenters. The van der Waals surface area contributed by atoms with Crippen molar-refractivity contribution in [1.82, 2.24) is 9.97 Å². The van der Waals surface area contributed by atoms with Gasteiger partial charge in [0.05, 0.1) is 0 Å². The van der Waals surface area contributed by atoms with E-state index >= 15 is 0 Å². The number of nitrogens with zero attached hydrogens (tertiary/aromatic N) is 2. The van der Waals surface area contributed by atoms with Crippen molar-refractivity contribution < 1.29 is 4.74 Å². The van der Waals surface area contributed by atoms with E-state index in [4.69, 9.17) is 16.3 Å². The predicted molar refractivity (Wildman–Crippen MR) is 85.2 cm³/mol. The fourth-order valence-corrected chi connectivity index (χ4v) is 2.26. The molecule has 3 rings (SSSR count). The maximum atomic E-state index is 6.02. The largest absolute Gasteiger partial charge is 0.439 e. The summed E-state index contributed by atoms with van der Waals surface area (Å²) in [6.45, 7) is 4.04. The van der Waals surface area contributed by atoms with Gasteiger partial charge < -0.3 is 4.74 Å². The molecule has 0 saturated carbocycles.